The Hall–Kier alpha value is -3.08. The Labute approximate surface area is 159 Å². The van der Waals surface area contributed by atoms with Crippen molar-refractivity contribution in [1.29, 1.82) is 0 Å². The van der Waals surface area contributed by atoms with Crippen LogP contribution in [-0.2, 0) is 9.59 Å². The molecule has 0 spiro atoms. The van der Waals surface area contributed by atoms with Crippen molar-refractivity contribution < 1.29 is 14.3 Å². The van der Waals surface area contributed by atoms with Gasteiger partial charge in [-0.3, -0.25) is 14.5 Å². The van der Waals surface area contributed by atoms with Crippen molar-refractivity contribution in [3.05, 3.63) is 65.4 Å². The molecule has 0 atom stereocenters. The smallest absolute Gasteiger partial charge is 0.278 e. The summed E-state index contributed by atoms with van der Waals surface area (Å²) in [5.41, 5.74) is 3.30. The van der Waals surface area contributed by atoms with E-state index in [1.54, 1.807) is 6.92 Å². The summed E-state index contributed by atoms with van der Waals surface area (Å²) in [7, 11) is 0. The number of carbonyl (C=O) groups is 2. The van der Waals surface area contributed by atoms with Gasteiger partial charge >= 0.3 is 0 Å². The number of hydrogen-bond acceptors (Lipinski definition) is 4. The van der Waals surface area contributed by atoms with E-state index in [1.807, 2.05) is 62.4 Å². The molecule has 0 aliphatic carbocycles. The van der Waals surface area contributed by atoms with Crippen molar-refractivity contribution in [2.24, 2.45) is 0 Å². The normalized spacial score (nSPS) is 14.1. The summed E-state index contributed by atoms with van der Waals surface area (Å²) in [5.74, 6) is 0.169. The standard InChI is InChI=1S/C22H24N2O3/c1-4-14-27-18-12-8-16(9-13-18)19-20(22(26)24(5-2)21(19)25)23-17-10-6-15(3)7-11-17/h6-13,23H,4-5,14H2,1-3H3. The van der Waals surface area contributed by atoms with Gasteiger partial charge in [-0.25, -0.2) is 0 Å². The number of hydrogen-bond donors (Lipinski definition) is 1. The number of anilines is 1. The van der Waals surface area contributed by atoms with Crippen LogP contribution in [0.25, 0.3) is 5.57 Å². The first-order chi connectivity index (χ1) is 13.0. The van der Waals surface area contributed by atoms with Gasteiger partial charge in [0.1, 0.15) is 11.4 Å². The molecular formula is C22H24N2O3. The van der Waals surface area contributed by atoms with Crippen molar-refractivity contribution in [2.75, 3.05) is 18.5 Å². The summed E-state index contributed by atoms with van der Waals surface area (Å²) in [4.78, 5) is 26.9. The zero-order valence-electron chi connectivity index (χ0n) is 15.9. The van der Waals surface area contributed by atoms with Crippen LogP contribution < -0.4 is 10.1 Å². The Bertz CT molecular complexity index is 867. The maximum atomic E-state index is 12.8. The number of benzene rings is 2. The second kappa shape index (κ2) is 8.08. The first kappa shape index (κ1) is 18.7. The van der Waals surface area contributed by atoms with Crippen LogP contribution in [0.5, 0.6) is 5.75 Å². The number of imide groups is 1. The van der Waals surface area contributed by atoms with E-state index in [4.69, 9.17) is 4.74 Å². The van der Waals surface area contributed by atoms with Crippen LogP contribution >= 0.6 is 0 Å². The van der Waals surface area contributed by atoms with Crippen LogP contribution in [0.1, 0.15) is 31.4 Å². The van der Waals surface area contributed by atoms with Gasteiger partial charge in [-0.05, 0) is 50.1 Å². The lowest BCUT2D eigenvalue weighted by Crippen LogP contribution is -2.32. The largest absolute Gasteiger partial charge is 0.494 e. The van der Waals surface area contributed by atoms with Crippen molar-refractivity contribution >= 4 is 23.1 Å². The predicted molar refractivity (Wildman–Crippen MR) is 106 cm³/mol. The highest BCUT2D eigenvalue weighted by Crippen LogP contribution is 2.31. The lowest BCUT2D eigenvalue weighted by molar-refractivity contribution is -0.136. The number of rotatable bonds is 7. The molecule has 3 rings (SSSR count). The average molecular weight is 364 g/mol. The first-order valence-corrected chi connectivity index (χ1v) is 9.22. The number of aryl methyl sites for hydroxylation is 1. The molecule has 1 aliphatic heterocycles. The minimum Gasteiger partial charge on any atom is -0.494 e. The molecule has 0 saturated carbocycles. The molecular weight excluding hydrogens is 340 g/mol. The number of nitrogens with zero attached hydrogens (tertiary/aromatic N) is 1. The Morgan fingerprint density at radius 1 is 0.926 bits per heavy atom. The number of amides is 2. The van der Waals surface area contributed by atoms with Gasteiger partial charge in [-0.15, -0.1) is 0 Å². The molecule has 0 aromatic heterocycles. The SMILES string of the molecule is CCCOc1ccc(C2=C(Nc3ccc(C)cc3)C(=O)N(CC)C2=O)cc1. The van der Waals surface area contributed by atoms with E-state index >= 15 is 0 Å². The summed E-state index contributed by atoms with van der Waals surface area (Å²) in [6, 6.07) is 15.0. The van der Waals surface area contributed by atoms with E-state index in [2.05, 4.69) is 5.32 Å². The summed E-state index contributed by atoms with van der Waals surface area (Å²) >= 11 is 0. The van der Waals surface area contributed by atoms with E-state index in [-0.39, 0.29) is 11.8 Å². The molecule has 140 valence electrons. The van der Waals surface area contributed by atoms with E-state index < -0.39 is 0 Å². The zero-order valence-corrected chi connectivity index (χ0v) is 15.9. The lowest BCUT2D eigenvalue weighted by atomic mass is 10.0. The van der Waals surface area contributed by atoms with Crippen LogP contribution in [-0.4, -0.2) is 29.9 Å². The highest BCUT2D eigenvalue weighted by Gasteiger charge is 2.38. The van der Waals surface area contributed by atoms with Gasteiger partial charge in [0.25, 0.3) is 11.8 Å². The molecule has 2 aromatic carbocycles. The Morgan fingerprint density at radius 3 is 2.19 bits per heavy atom. The van der Waals surface area contributed by atoms with E-state index in [0.717, 1.165) is 23.4 Å². The van der Waals surface area contributed by atoms with E-state index in [9.17, 15) is 9.59 Å². The van der Waals surface area contributed by atoms with Gasteiger partial charge < -0.3 is 10.1 Å². The van der Waals surface area contributed by atoms with E-state index in [0.29, 0.717) is 30.0 Å². The summed E-state index contributed by atoms with van der Waals surface area (Å²) in [6.07, 6.45) is 0.927. The Kier molecular flexibility index (Phi) is 5.60. The highest BCUT2D eigenvalue weighted by molar-refractivity contribution is 6.36. The van der Waals surface area contributed by atoms with Crippen LogP contribution in [0.15, 0.2) is 54.2 Å². The topological polar surface area (TPSA) is 58.6 Å². The van der Waals surface area contributed by atoms with Crippen LogP contribution in [0.4, 0.5) is 5.69 Å². The summed E-state index contributed by atoms with van der Waals surface area (Å²) < 4.78 is 5.60. The van der Waals surface area contributed by atoms with Crippen LogP contribution in [0, 0.1) is 6.92 Å². The molecule has 0 radical (unpaired) electrons. The third-order valence-corrected chi connectivity index (χ3v) is 4.42. The molecule has 1 aliphatic rings. The van der Waals surface area contributed by atoms with Gasteiger partial charge in [0.15, 0.2) is 0 Å². The van der Waals surface area contributed by atoms with Gasteiger partial charge in [-0.1, -0.05) is 36.8 Å². The highest BCUT2D eigenvalue weighted by atomic mass is 16.5. The van der Waals surface area contributed by atoms with Crippen molar-refractivity contribution in [1.82, 2.24) is 4.90 Å². The molecule has 5 nitrogen and oxygen atoms in total. The van der Waals surface area contributed by atoms with Crippen molar-refractivity contribution in [3.8, 4) is 5.75 Å². The fourth-order valence-electron chi connectivity index (χ4n) is 2.97. The third kappa shape index (κ3) is 3.87. The predicted octanol–water partition coefficient (Wildman–Crippen LogP) is 4.00. The van der Waals surface area contributed by atoms with E-state index in [1.165, 1.54) is 4.90 Å². The number of nitrogens with one attached hydrogen (secondary N) is 1. The average Bonchev–Trinajstić information content (AvgIpc) is 2.91. The molecule has 0 saturated heterocycles. The van der Waals surface area contributed by atoms with Crippen LogP contribution in [0.2, 0.25) is 0 Å². The monoisotopic (exact) mass is 364 g/mol. The zero-order chi connectivity index (χ0) is 19.4. The summed E-state index contributed by atoms with van der Waals surface area (Å²) in [5, 5.41) is 3.15. The molecule has 1 N–H and O–H groups in total. The van der Waals surface area contributed by atoms with Crippen molar-refractivity contribution in [2.45, 2.75) is 27.2 Å². The van der Waals surface area contributed by atoms with Gasteiger partial charge in [-0.2, -0.15) is 0 Å². The minimum absolute atomic E-state index is 0.278. The number of ether oxygens (including phenoxy) is 1. The molecule has 2 aromatic rings. The molecule has 27 heavy (non-hydrogen) atoms. The molecule has 1 heterocycles. The number of carbonyl (C=O) groups excluding carboxylic acids is 2. The fraction of sp³-hybridized carbons (Fsp3) is 0.273. The Balaban J connectivity index is 1.97. The second-order valence-corrected chi connectivity index (χ2v) is 6.47. The molecule has 0 unspecified atom stereocenters. The maximum absolute atomic E-state index is 12.8. The van der Waals surface area contributed by atoms with Gasteiger partial charge in [0, 0.05) is 12.2 Å². The quantitative estimate of drug-likeness (QED) is 0.755. The maximum Gasteiger partial charge on any atom is 0.278 e. The van der Waals surface area contributed by atoms with Crippen molar-refractivity contribution in [3.63, 3.8) is 0 Å². The molecule has 2 amide bonds. The molecule has 0 bridgehead atoms. The number of likely N-dealkylation sites (N-methyl/N-ethyl adjacent to an activating group) is 1. The summed E-state index contributed by atoms with van der Waals surface area (Å²) in [6.45, 7) is 6.81. The minimum atomic E-state index is -0.301. The Morgan fingerprint density at radius 2 is 1.59 bits per heavy atom. The third-order valence-electron chi connectivity index (χ3n) is 4.42. The molecule has 0 fully saturated rings. The van der Waals surface area contributed by atoms with Gasteiger partial charge in [0.05, 0.1) is 12.2 Å². The lowest BCUT2D eigenvalue weighted by Gasteiger charge is -2.12. The fourth-order valence-corrected chi connectivity index (χ4v) is 2.97. The molecule has 5 heteroatoms. The first-order valence-electron chi connectivity index (χ1n) is 9.22. The van der Waals surface area contributed by atoms with Crippen LogP contribution in [0.3, 0.4) is 0 Å². The second-order valence-electron chi connectivity index (χ2n) is 6.47. The van der Waals surface area contributed by atoms with Gasteiger partial charge in [0.2, 0.25) is 0 Å².